The van der Waals surface area contributed by atoms with Crippen LogP contribution in [0.5, 0.6) is 0 Å². The first-order chi connectivity index (χ1) is 2.91. The molecule has 6 heavy (non-hydrogen) atoms. The van der Waals surface area contributed by atoms with Crippen molar-refractivity contribution in [1.82, 2.24) is 0 Å². The fourth-order valence-electron chi connectivity index (χ4n) is 0. The topological polar surface area (TPSA) is 0 Å². The molecule has 0 saturated heterocycles. The Morgan fingerprint density at radius 1 is 1.17 bits per heavy atom. The van der Waals surface area contributed by atoms with Crippen LogP contribution in [0.4, 0.5) is 0 Å². The predicted molar refractivity (Wildman–Crippen MR) is 38.6 cm³/mol. The minimum atomic E-state index is 0.535. The molecule has 0 bridgehead atoms. The molecular weight excluding hydrogens is 163 g/mol. The van der Waals surface area contributed by atoms with Crippen LogP contribution >= 0.6 is 25.4 Å². The van der Waals surface area contributed by atoms with E-state index in [1.807, 2.05) is 0 Å². The van der Waals surface area contributed by atoms with Gasteiger partial charge in [-0.2, -0.15) is 0 Å². The summed E-state index contributed by atoms with van der Waals surface area (Å²) < 4.78 is 4.83. The van der Waals surface area contributed by atoms with Crippen molar-refractivity contribution in [2.45, 2.75) is 0 Å². The summed E-state index contributed by atoms with van der Waals surface area (Å²) in [6, 6.07) is 0. The van der Waals surface area contributed by atoms with Crippen LogP contribution in [-0.4, -0.2) is 59.7 Å². The molecule has 0 spiro atoms. The minimum absolute atomic E-state index is 0.535. The molecule has 0 N–H and O–H groups in total. The molecule has 0 aromatic heterocycles. The van der Waals surface area contributed by atoms with Gasteiger partial charge in [-0.05, 0) is 12.5 Å². The molecule has 0 heterocycles. The van der Waals surface area contributed by atoms with Crippen LogP contribution < -0.4 is 0 Å². The SMILES string of the molecule is CSSC.[Cl][K]. The molecule has 4 heteroatoms. The van der Waals surface area contributed by atoms with Gasteiger partial charge in [-0.25, -0.2) is 0 Å². The quantitative estimate of drug-likeness (QED) is 0.434. The third kappa shape index (κ3) is 16.0. The summed E-state index contributed by atoms with van der Waals surface area (Å²) in [5.74, 6) is 0. The van der Waals surface area contributed by atoms with Crippen LogP contribution in [0, 0.1) is 0 Å². The van der Waals surface area contributed by atoms with E-state index in [2.05, 4.69) is 12.5 Å². The van der Waals surface area contributed by atoms with Gasteiger partial charge < -0.3 is 0 Å². The molecule has 0 radical (unpaired) electrons. The Kier molecular flexibility index (Phi) is 29.8. The average Bonchev–Trinajstić information content (AvgIpc) is 1.72. The van der Waals surface area contributed by atoms with Crippen molar-refractivity contribution in [2.75, 3.05) is 12.5 Å². The number of hydrogen-bond donors (Lipinski definition) is 0. The first-order valence-electron chi connectivity index (χ1n) is 1.36. The number of hydrogen-bond acceptors (Lipinski definition) is 2. The van der Waals surface area contributed by atoms with E-state index < -0.39 is 0 Å². The summed E-state index contributed by atoms with van der Waals surface area (Å²) in [7, 11) is 3.55. The van der Waals surface area contributed by atoms with Crippen molar-refractivity contribution in [3.8, 4) is 0 Å². The predicted octanol–water partition coefficient (Wildman–Crippen LogP) is 1.94. The van der Waals surface area contributed by atoms with Gasteiger partial charge in [-0.3, -0.25) is 0 Å². The third-order valence-electron chi connectivity index (χ3n) is 0.167. The standard InChI is InChI=1S/C2H6S2.ClH.K/c1-3-4-2;;/h1-2H3;1H;/q;;+1/p-1. The molecular formula is C2H6ClKS2. The summed E-state index contributed by atoms with van der Waals surface area (Å²) in [6.07, 6.45) is 4.12. The molecule has 0 atom stereocenters. The molecule has 0 unspecified atom stereocenters. The Hall–Kier alpha value is 2.63. The average molecular weight is 169 g/mol. The van der Waals surface area contributed by atoms with E-state index in [1.165, 1.54) is 0 Å². The van der Waals surface area contributed by atoms with Gasteiger partial charge in [-0.1, -0.05) is 21.6 Å². The summed E-state index contributed by atoms with van der Waals surface area (Å²) in [5, 5.41) is 0. The zero-order chi connectivity index (χ0) is 5.41. The third-order valence-corrected chi connectivity index (χ3v) is 1.50. The van der Waals surface area contributed by atoms with Gasteiger partial charge in [-0.15, -0.1) is 0 Å². The van der Waals surface area contributed by atoms with E-state index >= 15 is 0 Å². The van der Waals surface area contributed by atoms with Gasteiger partial charge in [0.05, 0.1) is 0 Å². The normalized spacial score (nSPS) is 6.17. The molecule has 0 fully saturated rings. The van der Waals surface area contributed by atoms with Crippen LogP contribution in [0.15, 0.2) is 0 Å². The molecule has 34 valence electrons. The Balaban J connectivity index is 0. The second-order valence-corrected chi connectivity index (χ2v) is 3.00. The van der Waals surface area contributed by atoms with E-state index in [1.54, 1.807) is 21.6 Å². The van der Waals surface area contributed by atoms with Crippen LogP contribution in [0.3, 0.4) is 0 Å². The molecule has 0 aliphatic heterocycles. The summed E-state index contributed by atoms with van der Waals surface area (Å²) >= 11 is 0.535. The van der Waals surface area contributed by atoms with Crippen molar-refractivity contribution in [1.29, 1.82) is 0 Å². The Morgan fingerprint density at radius 3 is 1.33 bits per heavy atom. The van der Waals surface area contributed by atoms with E-state index in [-0.39, 0.29) is 0 Å². The molecule has 0 aliphatic rings. The number of halogens is 1. The van der Waals surface area contributed by atoms with Crippen molar-refractivity contribution in [3.05, 3.63) is 0 Å². The van der Waals surface area contributed by atoms with Crippen LogP contribution in [0.1, 0.15) is 0 Å². The summed E-state index contributed by atoms with van der Waals surface area (Å²) in [4.78, 5) is 0. The first kappa shape index (κ1) is 11.4. The van der Waals surface area contributed by atoms with Crippen LogP contribution in [-0.2, 0) is 0 Å². The Labute approximate surface area is 82.9 Å². The monoisotopic (exact) mass is 168 g/mol. The van der Waals surface area contributed by atoms with Gasteiger partial charge in [0.15, 0.2) is 0 Å². The van der Waals surface area contributed by atoms with Crippen molar-refractivity contribution >= 4 is 72.5 Å². The van der Waals surface area contributed by atoms with Gasteiger partial charge in [0.2, 0.25) is 0 Å². The molecule has 0 rings (SSSR count). The molecule has 0 amide bonds. The van der Waals surface area contributed by atoms with E-state index in [0.29, 0.717) is 47.1 Å². The summed E-state index contributed by atoms with van der Waals surface area (Å²) in [6.45, 7) is 0. The Morgan fingerprint density at radius 2 is 1.33 bits per heavy atom. The van der Waals surface area contributed by atoms with E-state index in [0.717, 1.165) is 0 Å². The van der Waals surface area contributed by atoms with Crippen LogP contribution in [0.25, 0.3) is 0 Å². The second kappa shape index (κ2) is 15.6. The Bertz CT molecular complexity index is 13.5. The fourth-order valence-corrected chi connectivity index (χ4v) is 0. The van der Waals surface area contributed by atoms with Gasteiger partial charge >= 0.3 is 50.9 Å². The molecule has 0 saturated carbocycles. The maximum absolute atomic E-state index is 4.83. The van der Waals surface area contributed by atoms with Gasteiger partial charge in [0.1, 0.15) is 0 Å². The molecule has 0 aromatic carbocycles. The van der Waals surface area contributed by atoms with Crippen LogP contribution in [0.2, 0.25) is 0 Å². The van der Waals surface area contributed by atoms with E-state index in [9.17, 15) is 0 Å². The molecule has 0 nitrogen and oxygen atoms in total. The molecule has 0 aromatic rings. The summed E-state index contributed by atoms with van der Waals surface area (Å²) in [5.41, 5.74) is 0. The second-order valence-electron chi connectivity index (χ2n) is 0.333. The fraction of sp³-hybridized carbons (Fsp3) is 1.00. The van der Waals surface area contributed by atoms with Gasteiger partial charge in [0.25, 0.3) is 0 Å². The van der Waals surface area contributed by atoms with Crippen molar-refractivity contribution < 1.29 is 0 Å². The zero-order valence-corrected chi connectivity index (χ0v) is 9.71. The number of rotatable bonds is 1. The molecule has 0 aliphatic carbocycles. The van der Waals surface area contributed by atoms with Crippen molar-refractivity contribution in [3.63, 3.8) is 0 Å². The maximum atomic E-state index is 4.83. The zero-order valence-electron chi connectivity index (χ0n) is 4.19. The van der Waals surface area contributed by atoms with E-state index in [4.69, 9.17) is 3.76 Å². The van der Waals surface area contributed by atoms with Crippen molar-refractivity contribution in [2.24, 2.45) is 0 Å². The van der Waals surface area contributed by atoms with Gasteiger partial charge in [0, 0.05) is 0 Å². The first-order valence-corrected chi connectivity index (χ1v) is 8.62.